The highest BCUT2D eigenvalue weighted by Crippen LogP contribution is 2.32. The third-order valence-corrected chi connectivity index (χ3v) is 6.22. The number of rotatable bonds is 2. The van der Waals surface area contributed by atoms with E-state index in [9.17, 15) is 8.42 Å². The number of fused-ring (bicyclic) bond motifs is 1. The molecule has 0 unspecified atom stereocenters. The van der Waals surface area contributed by atoms with Gasteiger partial charge in [0, 0.05) is 18.0 Å². The van der Waals surface area contributed by atoms with Crippen LogP contribution in [0.4, 0.5) is 11.8 Å². The summed E-state index contributed by atoms with van der Waals surface area (Å²) in [5.74, 6) is 1.34. The van der Waals surface area contributed by atoms with Gasteiger partial charge < -0.3 is 10.6 Å². The molecule has 1 saturated heterocycles. The van der Waals surface area contributed by atoms with Crippen LogP contribution in [-0.4, -0.2) is 43.0 Å². The fourth-order valence-corrected chi connectivity index (χ4v) is 4.48. The molecule has 0 atom stereocenters. The molecular weight excluding hydrogens is 296 g/mol. The van der Waals surface area contributed by atoms with Crippen LogP contribution in [0.3, 0.4) is 0 Å². The van der Waals surface area contributed by atoms with E-state index in [1.54, 1.807) is 11.3 Å². The third kappa shape index (κ3) is 2.45. The molecular formula is C12H16N4O2S2. The van der Waals surface area contributed by atoms with Gasteiger partial charge in [-0.15, -0.1) is 11.3 Å². The number of hydrogen-bond acceptors (Lipinski definition) is 7. The van der Waals surface area contributed by atoms with Gasteiger partial charge in [-0.2, -0.15) is 4.98 Å². The third-order valence-electron chi connectivity index (χ3n) is 3.43. The maximum atomic E-state index is 11.5. The lowest BCUT2D eigenvalue weighted by atomic mass is 10.3. The molecule has 0 aliphatic carbocycles. The summed E-state index contributed by atoms with van der Waals surface area (Å²) in [5, 5.41) is 0.973. The van der Waals surface area contributed by atoms with E-state index in [0.717, 1.165) is 22.5 Å². The van der Waals surface area contributed by atoms with Gasteiger partial charge in [-0.1, -0.05) is 6.92 Å². The number of sulfone groups is 1. The summed E-state index contributed by atoms with van der Waals surface area (Å²) < 4.78 is 23.1. The number of aryl methyl sites for hydroxylation is 1. The molecule has 0 amide bonds. The molecule has 1 aliphatic heterocycles. The smallest absolute Gasteiger partial charge is 0.223 e. The van der Waals surface area contributed by atoms with Gasteiger partial charge in [-0.3, -0.25) is 0 Å². The van der Waals surface area contributed by atoms with Crippen LogP contribution < -0.4 is 10.6 Å². The molecule has 0 bridgehead atoms. The van der Waals surface area contributed by atoms with E-state index >= 15 is 0 Å². The zero-order chi connectivity index (χ0) is 14.3. The summed E-state index contributed by atoms with van der Waals surface area (Å²) in [6.07, 6.45) is 0.939. The van der Waals surface area contributed by atoms with Gasteiger partial charge in [0.15, 0.2) is 9.84 Å². The van der Waals surface area contributed by atoms with Crippen LogP contribution >= 0.6 is 11.3 Å². The van der Waals surface area contributed by atoms with Gasteiger partial charge in [0.2, 0.25) is 5.95 Å². The first kappa shape index (κ1) is 13.6. The molecule has 1 aliphatic rings. The second kappa shape index (κ2) is 4.85. The Bertz CT molecular complexity index is 740. The normalized spacial score (nSPS) is 18.6. The fourth-order valence-electron chi connectivity index (χ4n) is 2.31. The van der Waals surface area contributed by atoms with Crippen molar-refractivity contribution in [3.8, 4) is 0 Å². The zero-order valence-electron chi connectivity index (χ0n) is 11.2. The first-order valence-corrected chi connectivity index (χ1v) is 9.13. The molecule has 2 N–H and O–H groups in total. The van der Waals surface area contributed by atoms with Gasteiger partial charge >= 0.3 is 0 Å². The van der Waals surface area contributed by atoms with Crippen LogP contribution in [0.5, 0.6) is 0 Å². The second-order valence-corrected chi connectivity index (χ2v) is 8.25. The molecule has 3 heterocycles. The van der Waals surface area contributed by atoms with Crippen molar-refractivity contribution in [3.63, 3.8) is 0 Å². The molecule has 2 aromatic rings. The topological polar surface area (TPSA) is 89.2 Å². The van der Waals surface area contributed by atoms with Crippen LogP contribution in [0.2, 0.25) is 0 Å². The Morgan fingerprint density at radius 1 is 1.35 bits per heavy atom. The van der Waals surface area contributed by atoms with E-state index in [-0.39, 0.29) is 17.5 Å². The Hall–Kier alpha value is -1.41. The van der Waals surface area contributed by atoms with Crippen LogP contribution in [0.25, 0.3) is 10.2 Å². The average molecular weight is 312 g/mol. The SMILES string of the molecule is CCc1cc2c(N3CCS(=O)(=O)CC3)nc(N)nc2s1. The molecule has 1 fully saturated rings. The Labute approximate surface area is 121 Å². The number of aromatic nitrogens is 2. The van der Waals surface area contributed by atoms with Crippen molar-refractivity contribution in [3.05, 3.63) is 10.9 Å². The zero-order valence-corrected chi connectivity index (χ0v) is 12.8. The molecule has 0 radical (unpaired) electrons. The Morgan fingerprint density at radius 2 is 2.05 bits per heavy atom. The molecule has 8 heteroatoms. The van der Waals surface area contributed by atoms with E-state index < -0.39 is 9.84 Å². The molecule has 0 aromatic carbocycles. The summed E-state index contributed by atoms with van der Waals surface area (Å²) in [6, 6.07) is 2.08. The quantitative estimate of drug-likeness (QED) is 0.892. The minimum atomic E-state index is -2.90. The molecule has 20 heavy (non-hydrogen) atoms. The summed E-state index contributed by atoms with van der Waals surface area (Å²) in [4.78, 5) is 12.7. The molecule has 0 spiro atoms. The Morgan fingerprint density at radius 3 is 2.70 bits per heavy atom. The number of hydrogen-bond donors (Lipinski definition) is 1. The van der Waals surface area contributed by atoms with Gasteiger partial charge in [-0.25, -0.2) is 13.4 Å². The maximum Gasteiger partial charge on any atom is 0.223 e. The van der Waals surface area contributed by atoms with E-state index in [0.29, 0.717) is 13.1 Å². The lowest BCUT2D eigenvalue weighted by Gasteiger charge is -2.28. The molecule has 2 aromatic heterocycles. The van der Waals surface area contributed by atoms with Crippen molar-refractivity contribution in [1.82, 2.24) is 9.97 Å². The number of thiophene rings is 1. The number of nitrogens with zero attached hydrogens (tertiary/aromatic N) is 3. The van der Waals surface area contributed by atoms with Crippen molar-refractivity contribution in [2.24, 2.45) is 0 Å². The summed E-state index contributed by atoms with van der Waals surface area (Å²) in [5.41, 5.74) is 5.77. The number of nitrogens with two attached hydrogens (primary N) is 1. The number of nitrogen functional groups attached to an aromatic ring is 1. The van der Waals surface area contributed by atoms with Crippen molar-refractivity contribution >= 4 is 43.2 Å². The molecule has 6 nitrogen and oxygen atoms in total. The van der Waals surface area contributed by atoms with E-state index in [1.807, 2.05) is 4.90 Å². The van der Waals surface area contributed by atoms with Crippen LogP contribution in [0.1, 0.15) is 11.8 Å². The second-order valence-electron chi connectivity index (χ2n) is 4.83. The highest BCUT2D eigenvalue weighted by molar-refractivity contribution is 7.91. The molecule has 3 rings (SSSR count). The van der Waals surface area contributed by atoms with E-state index in [1.165, 1.54) is 4.88 Å². The Kier molecular flexibility index (Phi) is 3.29. The Balaban J connectivity index is 2.04. The standard InChI is InChI=1S/C12H16N4O2S2/c1-2-8-7-9-10(14-12(13)15-11(9)19-8)16-3-5-20(17,18)6-4-16/h7H,2-6H2,1H3,(H2,13,14,15). The molecule has 108 valence electrons. The summed E-state index contributed by atoms with van der Waals surface area (Å²) in [6.45, 7) is 3.02. The predicted molar refractivity (Wildman–Crippen MR) is 82.1 cm³/mol. The average Bonchev–Trinajstić information content (AvgIpc) is 2.80. The first-order valence-electron chi connectivity index (χ1n) is 6.50. The summed E-state index contributed by atoms with van der Waals surface area (Å²) >= 11 is 1.61. The van der Waals surface area contributed by atoms with E-state index in [2.05, 4.69) is 23.0 Å². The van der Waals surface area contributed by atoms with Crippen molar-refractivity contribution < 1.29 is 8.42 Å². The lowest BCUT2D eigenvalue weighted by Crippen LogP contribution is -2.40. The summed E-state index contributed by atoms with van der Waals surface area (Å²) in [7, 11) is -2.90. The largest absolute Gasteiger partial charge is 0.368 e. The van der Waals surface area contributed by atoms with Gasteiger partial charge in [-0.05, 0) is 12.5 Å². The predicted octanol–water partition coefficient (Wildman–Crippen LogP) is 1.07. The fraction of sp³-hybridized carbons (Fsp3) is 0.500. The van der Waals surface area contributed by atoms with Gasteiger partial charge in [0.1, 0.15) is 10.6 Å². The number of anilines is 2. The monoisotopic (exact) mass is 312 g/mol. The van der Waals surface area contributed by atoms with Gasteiger partial charge in [0.05, 0.1) is 16.9 Å². The highest BCUT2D eigenvalue weighted by Gasteiger charge is 2.24. The minimum Gasteiger partial charge on any atom is -0.368 e. The van der Waals surface area contributed by atoms with E-state index in [4.69, 9.17) is 5.73 Å². The van der Waals surface area contributed by atoms with Crippen molar-refractivity contribution in [2.45, 2.75) is 13.3 Å². The van der Waals surface area contributed by atoms with Crippen LogP contribution in [-0.2, 0) is 16.3 Å². The highest BCUT2D eigenvalue weighted by atomic mass is 32.2. The minimum absolute atomic E-state index is 0.170. The van der Waals surface area contributed by atoms with Crippen LogP contribution in [0, 0.1) is 0 Å². The van der Waals surface area contributed by atoms with Crippen molar-refractivity contribution in [2.75, 3.05) is 35.2 Å². The lowest BCUT2D eigenvalue weighted by molar-refractivity contribution is 0.586. The van der Waals surface area contributed by atoms with Crippen molar-refractivity contribution in [1.29, 1.82) is 0 Å². The van der Waals surface area contributed by atoms with Crippen LogP contribution in [0.15, 0.2) is 6.07 Å². The maximum absolute atomic E-state index is 11.5. The molecule has 0 saturated carbocycles. The first-order chi connectivity index (χ1) is 9.48. The van der Waals surface area contributed by atoms with Gasteiger partial charge in [0.25, 0.3) is 0 Å².